The zero-order valence-corrected chi connectivity index (χ0v) is 41.7. The Morgan fingerprint density at radius 1 is 0.928 bits per heavy atom. The lowest BCUT2D eigenvalue weighted by Crippen LogP contribution is -2.68. The minimum atomic E-state index is -2.59. The first-order chi connectivity index (χ1) is 32.3. The van der Waals surface area contributed by atoms with Gasteiger partial charge in [-0.2, -0.15) is 0 Å². The maximum Gasteiger partial charge on any atom is 0.332 e. The summed E-state index contributed by atoms with van der Waals surface area (Å²) in [4.78, 5) is 101. The van der Waals surface area contributed by atoms with E-state index in [-0.39, 0.29) is 54.8 Å². The molecular weight excluding hydrogens is 905 g/mol. The summed E-state index contributed by atoms with van der Waals surface area (Å²) >= 11 is 0. The summed E-state index contributed by atoms with van der Waals surface area (Å²) in [6.45, 7) is 15.7. The van der Waals surface area contributed by atoms with Gasteiger partial charge in [-0.15, -0.1) is 0 Å². The van der Waals surface area contributed by atoms with E-state index in [9.17, 15) is 54.2 Å². The molecule has 6 aliphatic rings. The number of esters is 2. The molecule has 6 rings (SSSR count). The van der Waals surface area contributed by atoms with Gasteiger partial charge >= 0.3 is 11.9 Å². The fourth-order valence-corrected chi connectivity index (χ4v) is 10.9. The molecule has 0 aromatic rings. The Kier molecular flexibility index (Phi) is 16.8. The van der Waals surface area contributed by atoms with Crippen molar-refractivity contribution in [2.24, 2.45) is 23.7 Å². The van der Waals surface area contributed by atoms with E-state index in [2.05, 4.69) is 30.0 Å². The number of aliphatic hydroxyl groups is 2. The van der Waals surface area contributed by atoms with Gasteiger partial charge in [0.15, 0.2) is 23.9 Å². The predicted octanol–water partition coefficient (Wildman–Crippen LogP) is 0.316. The number of amides is 5. The number of epoxide rings is 1. The molecule has 6 heterocycles. The van der Waals surface area contributed by atoms with Crippen LogP contribution in [0, 0.1) is 23.7 Å². The van der Waals surface area contributed by atoms with E-state index in [4.69, 9.17) is 18.9 Å². The van der Waals surface area contributed by atoms with Gasteiger partial charge in [-0.05, 0) is 82.5 Å². The molecule has 7 N–H and O–H groups in total. The second-order valence-corrected chi connectivity index (χ2v) is 21.1. The number of carbonyl (C=O) groups excluding carboxylic acids is 7. The zero-order valence-electron chi connectivity index (χ0n) is 41.7. The number of hydrogen-bond donors (Lipinski definition) is 7. The Morgan fingerprint density at radius 2 is 1.58 bits per heavy atom. The first kappa shape index (κ1) is 54.3. The minimum absolute atomic E-state index is 0.0635. The molecule has 0 aliphatic carbocycles. The van der Waals surface area contributed by atoms with Gasteiger partial charge < -0.3 is 39.4 Å². The molecule has 0 aromatic heterocycles. The van der Waals surface area contributed by atoms with Crippen molar-refractivity contribution >= 4 is 41.5 Å². The van der Waals surface area contributed by atoms with Crippen LogP contribution in [0.3, 0.4) is 0 Å². The van der Waals surface area contributed by atoms with Gasteiger partial charge in [0, 0.05) is 39.4 Å². The highest BCUT2D eigenvalue weighted by atomic mass is 16.7. The number of hydrogen-bond acceptors (Lipinski definition) is 18. The van der Waals surface area contributed by atoms with Crippen LogP contribution in [0.15, 0.2) is 0 Å². The topological polar surface area (TPSA) is 293 Å². The van der Waals surface area contributed by atoms with Crippen molar-refractivity contribution in [1.82, 2.24) is 41.2 Å². The summed E-state index contributed by atoms with van der Waals surface area (Å²) in [5.41, 5.74) is 1.69. The molecule has 6 saturated heterocycles. The summed E-state index contributed by atoms with van der Waals surface area (Å²) in [7, 11) is 0. The fourth-order valence-electron chi connectivity index (χ4n) is 10.9. The maximum absolute atomic E-state index is 14.8. The maximum atomic E-state index is 14.8. The summed E-state index contributed by atoms with van der Waals surface area (Å²) in [5, 5.41) is 53.0. The average molecular weight is 981 g/mol. The van der Waals surface area contributed by atoms with Crippen LogP contribution in [0.2, 0.25) is 0 Å². The number of nitrogens with one attached hydrogen (secondary N) is 3. The van der Waals surface area contributed by atoms with Gasteiger partial charge in [0.05, 0.1) is 12.1 Å². The Hall–Kier alpha value is -4.07. The highest BCUT2D eigenvalue weighted by Gasteiger charge is 2.62. The SMILES string of the molecule is CCC1OC(O)(C(C)(O)C(=O)NC2C(C(C)C)OC(=O)C(C(C)C)N(O)C(=O)C3N(CCC3(C)OC(C)=O)C(=O)C3CCCNN3C(=O)CN(O)C(=O)C3CCCNN3C3OC23)CCC1CC(C)C. The number of ether oxygens (including phenoxy) is 4. The molecular formula is C46H76N8O15. The number of cyclic esters (lactones) is 1. The van der Waals surface area contributed by atoms with E-state index >= 15 is 0 Å². The third kappa shape index (κ3) is 11.1. The van der Waals surface area contributed by atoms with Crippen molar-refractivity contribution in [2.45, 2.75) is 199 Å². The van der Waals surface area contributed by atoms with E-state index in [1.54, 1.807) is 27.7 Å². The van der Waals surface area contributed by atoms with Crippen LogP contribution in [0.1, 0.15) is 127 Å². The third-order valence-electron chi connectivity index (χ3n) is 14.7. The number of fused-ring (bicyclic) bond motifs is 5. The zero-order chi connectivity index (χ0) is 51.1. The lowest BCUT2D eigenvalue weighted by atomic mass is 9.78. The van der Waals surface area contributed by atoms with Crippen LogP contribution in [0.25, 0.3) is 0 Å². The van der Waals surface area contributed by atoms with Gasteiger partial charge in [0.2, 0.25) is 11.7 Å². The van der Waals surface area contributed by atoms with E-state index < -0.39 is 132 Å². The molecule has 0 radical (unpaired) electrons. The van der Waals surface area contributed by atoms with Crippen molar-refractivity contribution in [2.75, 3.05) is 26.2 Å². The Balaban J connectivity index is 1.41. The van der Waals surface area contributed by atoms with Gasteiger partial charge in [-0.1, -0.05) is 48.5 Å². The van der Waals surface area contributed by atoms with Crippen LogP contribution >= 0.6 is 0 Å². The Morgan fingerprint density at radius 3 is 2.19 bits per heavy atom. The van der Waals surface area contributed by atoms with Crippen LogP contribution in [0.5, 0.6) is 0 Å². The number of rotatable bonds is 9. The van der Waals surface area contributed by atoms with Gasteiger partial charge in [-0.3, -0.25) is 49.6 Å². The first-order valence-electron chi connectivity index (χ1n) is 24.7. The molecule has 0 bridgehead atoms. The summed E-state index contributed by atoms with van der Waals surface area (Å²) in [5.74, 6) is -10.2. The quantitative estimate of drug-likeness (QED) is 0.0930. The van der Waals surface area contributed by atoms with E-state index in [1.165, 1.54) is 11.9 Å². The van der Waals surface area contributed by atoms with Crippen molar-refractivity contribution < 1.29 is 73.1 Å². The van der Waals surface area contributed by atoms with Gasteiger partial charge in [-0.25, -0.2) is 25.4 Å². The van der Waals surface area contributed by atoms with E-state index in [0.29, 0.717) is 38.1 Å². The van der Waals surface area contributed by atoms with Crippen molar-refractivity contribution in [3.05, 3.63) is 0 Å². The van der Waals surface area contributed by atoms with Crippen LogP contribution in [-0.2, 0) is 52.5 Å². The molecule has 23 heteroatoms. The normalized spacial score (nSPS) is 36.6. The van der Waals surface area contributed by atoms with Crippen LogP contribution in [-0.4, -0.2) is 185 Å². The minimum Gasteiger partial charge on any atom is -0.458 e. The van der Waals surface area contributed by atoms with E-state index in [1.807, 2.05) is 6.92 Å². The first-order valence-corrected chi connectivity index (χ1v) is 24.7. The highest BCUT2D eigenvalue weighted by Crippen LogP contribution is 2.43. The largest absolute Gasteiger partial charge is 0.458 e. The van der Waals surface area contributed by atoms with Crippen molar-refractivity contribution in [1.29, 1.82) is 0 Å². The summed E-state index contributed by atoms with van der Waals surface area (Å²) in [6.07, 6.45) is -1.19. The Labute approximate surface area is 403 Å². The molecule has 0 spiro atoms. The number of hydroxylamine groups is 4. The van der Waals surface area contributed by atoms with Gasteiger partial charge in [0.1, 0.15) is 36.4 Å². The van der Waals surface area contributed by atoms with E-state index in [0.717, 1.165) is 30.2 Å². The highest BCUT2D eigenvalue weighted by molar-refractivity contribution is 5.95. The summed E-state index contributed by atoms with van der Waals surface area (Å²) in [6, 6.07) is -7.22. The standard InChI is InChI=1S/C46H76N8O15/c1-11-31-28(22-24(2)3)16-17-46(63,69-31)45(10,62)43(61)49-33-35(26(6)7)67-42(60)34(25(4)5)54(65)40(59)37-44(9,68-27(8)55)18-21-50(37)38(57)29-14-12-19-47-52(29)32(56)23-51(64)39(58)30-15-13-20-48-53(30)41-36(33)66-41/h24-26,28-31,33-37,41,47-48,62-65H,11-23H2,1-10H3,(H,49,61). The number of carbonyl (C=O) groups is 7. The average Bonchev–Trinajstić information content (AvgIpc) is 4.00. The number of hydrazine groups is 2. The molecule has 13 atom stereocenters. The van der Waals surface area contributed by atoms with Crippen molar-refractivity contribution in [3.8, 4) is 0 Å². The molecule has 6 aliphatic heterocycles. The molecule has 390 valence electrons. The van der Waals surface area contributed by atoms with Crippen LogP contribution < -0.4 is 16.2 Å². The lowest BCUT2D eigenvalue weighted by molar-refractivity contribution is -0.329. The molecule has 6 fully saturated rings. The smallest absolute Gasteiger partial charge is 0.332 e. The molecule has 0 saturated carbocycles. The molecule has 0 aromatic carbocycles. The molecule has 13 unspecified atom stereocenters. The molecule has 69 heavy (non-hydrogen) atoms. The summed E-state index contributed by atoms with van der Waals surface area (Å²) < 4.78 is 24.3. The fraction of sp³-hybridized carbons (Fsp3) is 0.848. The Bertz CT molecular complexity index is 1940. The molecule has 23 nitrogen and oxygen atoms in total. The predicted molar refractivity (Wildman–Crippen MR) is 240 cm³/mol. The van der Waals surface area contributed by atoms with Crippen molar-refractivity contribution in [3.63, 3.8) is 0 Å². The monoisotopic (exact) mass is 981 g/mol. The second kappa shape index (κ2) is 21.3. The third-order valence-corrected chi connectivity index (χ3v) is 14.7. The molecule has 5 amide bonds. The van der Waals surface area contributed by atoms with Crippen LogP contribution in [0.4, 0.5) is 0 Å². The number of nitrogens with zero attached hydrogens (tertiary/aromatic N) is 5. The second-order valence-electron chi connectivity index (χ2n) is 21.1. The van der Waals surface area contributed by atoms with Gasteiger partial charge in [0.25, 0.3) is 23.6 Å². The lowest BCUT2D eigenvalue weighted by Gasteiger charge is -2.48.